The van der Waals surface area contributed by atoms with Crippen LogP contribution in [0.5, 0.6) is 0 Å². The molecule has 2 saturated heterocycles. The molecule has 2 aromatic rings. The first-order valence-electron chi connectivity index (χ1n) is 11.3. The Balaban J connectivity index is 1.20. The maximum absolute atomic E-state index is 15.4. The zero-order valence-electron chi connectivity index (χ0n) is 19.0. The predicted molar refractivity (Wildman–Crippen MR) is 112 cm³/mol. The van der Waals surface area contributed by atoms with Crippen LogP contribution in [0.1, 0.15) is 34.8 Å². The molecular formula is C21H20F7N7O2. The molecule has 1 unspecified atom stereocenters. The summed E-state index contributed by atoms with van der Waals surface area (Å²) in [6, 6.07) is -0.654. The van der Waals surface area contributed by atoms with E-state index >= 15 is 4.39 Å². The predicted octanol–water partition coefficient (Wildman–Crippen LogP) is 1.96. The van der Waals surface area contributed by atoms with Crippen molar-refractivity contribution in [3.8, 4) is 0 Å². The average molecular weight is 535 g/mol. The fourth-order valence-corrected chi connectivity index (χ4v) is 5.08. The third kappa shape index (κ3) is 4.51. The summed E-state index contributed by atoms with van der Waals surface area (Å²) in [6.07, 6.45) is -7.91. The molecule has 1 N–H and O–H groups in total. The number of piperazine rings is 1. The summed E-state index contributed by atoms with van der Waals surface area (Å²) >= 11 is 0. The molecule has 2 fully saturated rings. The van der Waals surface area contributed by atoms with E-state index in [4.69, 9.17) is 0 Å². The van der Waals surface area contributed by atoms with Crippen molar-refractivity contribution >= 4 is 11.9 Å². The molecule has 9 nitrogen and oxygen atoms in total. The highest BCUT2D eigenvalue weighted by Gasteiger charge is 2.55. The minimum atomic E-state index is -4.85. The van der Waals surface area contributed by atoms with Crippen molar-refractivity contribution in [2.45, 2.75) is 36.9 Å². The lowest BCUT2D eigenvalue weighted by Crippen LogP contribution is -2.68. The summed E-state index contributed by atoms with van der Waals surface area (Å²) in [5, 5.41) is 5.65. The molecule has 1 amide bonds. The lowest BCUT2D eigenvalue weighted by molar-refractivity contribution is -0.160. The maximum Gasteiger partial charge on any atom is 0.422 e. The lowest BCUT2D eigenvalue weighted by Gasteiger charge is -2.48. The van der Waals surface area contributed by atoms with E-state index in [1.165, 1.54) is 9.80 Å². The number of fused-ring (bicyclic) bond motifs is 1. The lowest BCUT2D eigenvalue weighted by atomic mass is 9.91. The number of carbonyl (C=O) groups excluding carboxylic acids is 1. The van der Waals surface area contributed by atoms with Crippen molar-refractivity contribution in [2.75, 3.05) is 44.2 Å². The minimum absolute atomic E-state index is 0.0339. The number of H-pyrrole nitrogens is 1. The van der Waals surface area contributed by atoms with Crippen LogP contribution in [0.2, 0.25) is 0 Å². The van der Waals surface area contributed by atoms with Crippen LogP contribution in [-0.4, -0.2) is 80.8 Å². The van der Waals surface area contributed by atoms with E-state index in [2.05, 4.69) is 15.1 Å². The molecule has 37 heavy (non-hydrogen) atoms. The van der Waals surface area contributed by atoms with Gasteiger partial charge in [0.1, 0.15) is 5.56 Å². The molecule has 0 spiro atoms. The molecule has 1 atom stereocenters. The molecule has 0 radical (unpaired) electrons. The molecular weight excluding hydrogens is 515 g/mol. The number of amides is 1. The third-order valence-corrected chi connectivity index (χ3v) is 6.93. The summed E-state index contributed by atoms with van der Waals surface area (Å²) in [7, 11) is 0. The normalized spacial score (nSPS) is 22.1. The van der Waals surface area contributed by atoms with Crippen molar-refractivity contribution in [3.63, 3.8) is 0 Å². The second-order valence-corrected chi connectivity index (χ2v) is 9.26. The van der Waals surface area contributed by atoms with Gasteiger partial charge in [-0.05, 0) is 18.4 Å². The Labute approximate surface area is 204 Å². The Morgan fingerprint density at radius 3 is 2.19 bits per heavy atom. The number of hydrogen-bond acceptors (Lipinski definition) is 7. The van der Waals surface area contributed by atoms with Crippen LogP contribution in [-0.2, 0) is 23.6 Å². The van der Waals surface area contributed by atoms with Crippen molar-refractivity contribution in [1.29, 1.82) is 0 Å². The zero-order valence-corrected chi connectivity index (χ0v) is 19.0. The van der Waals surface area contributed by atoms with Gasteiger partial charge in [0, 0.05) is 51.7 Å². The second kappa shape index (κ2) is 8.63. The fraction of sp³-hybridized carbons (Fsp3) is 0.571. The van der Waals surface area contributed by atoms with Crippen molar-refractivity contribution < 1.29 is 35.5 Å². The third-order valence-electron chi connectivity index (χ3n) is 6.93. The highest BCUT2D eigenvalue weighted by atomic mass is 19.4. The van der Waals surface area contributed by atoms with E-state index < -0.39 is 46.7 Å². The van der Waals surface area contributed by atoms with E-state index in [9.17, 15) is 35.9 Å². The Hall–Kier alpha value is -3.30. The van der Waals surface area contributed by atoms with Gasteiger partial charge in [-0.1, -0.05) is 0 Å². The molecule has 5 rings (SSSR count). The number of alkyl halides is 7. The van der Waals surface area contributed by atoms with Gasteiger partial charge in [-0.3, -0.25) is 14.5 Å². The summed E-state index contributed by atoms with van der Waals surface area (Å²) < 4.78 is 93.5. The minimum Gasteiger partial charge on any atom is -0.337 e. The summed E-state index contributed by atoms with van der Waals surface area (Å²) in [6.45, 7) is -0.104. The van der Waals surface area contributed by atoms with Crippen LogP contribution in [0.25, 0.3) is 0 Å². The van der Waals surface area contributed by atoms with Crippen molar-refractivity contribution in [3.05, 3.63) is 45.1 Å². The highest BCUT2D eigenvalue weighted by molar-refractivity contribution is 5.87. The number of rotatable bonds is 3. The highest BCUT2D eigenvalue weighted by Crippen LogP contribution is 2.44. The van der Waals surface area contributed by atoms with Gasteiger partial charge in [0.25, 0.3) is 11.5 Å². The monoisotopic (exact) mass is 535 g/mol. The number of aromatic amines is 1. The molecule has 2 aliphatic heterocycles. The Morgan fingerprint density at radius 2 is 1.62 bits per heavy atom. The van der Waals surface area contributed by atoms with Gasteiger partial charge in [-0.25, -0.2) is 19.5 Å². The Kier molecular flexibility index (Phi) is 5.91. The Morgan fingerprint density at radius 1 is 1.00 bits per heavy atom. The molecule has 1 aliphatic carbocycles. The van der Waals surface area contributed by atoms with E-state index in [-0.39, 0.29) is 69.3 Å². The SMILES string of the molecule is O=C(N1CCN(c2ncc(C(F)(F)F)cn2)CC1)C1(F)CN(C2CCc3c2n[nH]c(=O)c3C(F)(F)F)C1. The molecule has 4 heterocycles. The number of likely N-dealkylation sites (tertiary alicyclic amines) is 1. The number of nitrogens with one attached hydrogen (secondary N) is 1. The smallest absolute Gasteiger partial charge is 0.337 e. The molecule has 200 valence electrons. The van der Waals surface area contributed by atoms with Crippen molar-refractivity contribution in [2.24, 2.45) is 0 Å². The maximum atomic E-state index is 15.4. The molecule has 0 saturated carbocycles. The summed E-state index contributed by atoms with van der Waals surface area (Å²) in [5.74, 6) is -0.700. The van der Waals surface area contributed by atoms with Crippen LogP contribution in [0.15, 0.2) is 17.2 Å². The van der Waals surface area contributed by atoms with Gasteiger partial charge in [0.15, 0.2) is 0 Å². The van der Waals surface area contributed by atoms with Gasteiger partial charge >= 0.3 is 12.4 Å². The second-order valence-electron chi connectivity index (χ2n) is 9.26. The standard InChI is InChI=1S/C21H20F7N7O2/c22-19(9-35(10-19)13-2-1-12-14(21(26,27)28)16(36)32-31-15(12)13)17(37)33-3-5-34(6-4-33)18-29-7-11(8-30-18)20(23,24)25/h7-8,13H,1-6,9-10H2,(H,32,36). The van der Waals surface area contributed by atoms with Gasteiger partial charge in [-0.15, -0.1) is 0 Å². The number of carbonyl (C=O) groups is 1. The van der Waals surface area contributed by atoms with E-state index in [0.717, 1.165) is 0 Å². The van der Waals surface area contributed by atoms with Crippen LogP contribution < -0.4 is 10.5 Å². The number of anilines is 1. The van der Waals surface area contributed by atoms with Crippen LogP contribution in [0.3, 0.4) is 0 Å². The number of hydrogen-bond donors (Lipinski definition) is 1. The largest absolute Gasteiger partial charge is 0.422 e. The van der Waals surface area contributed by atoms with Gasteiger partial charge in [-0.2, -0.15) is 31.4 Å². The first-order valence-corrected chi connectivity index (χ1v) is 11.3. The first kappa shape index (κ1) is 25.4. The zero-order chi connectivity index (χ0) is 26.8. The Bertz CT molecular complexity index is 1250. The summed E-state index contributed by atoms with van der Waals surface area (Å²) in [5.41, 5.74) is -6.01. The average Bonchev–Trinajstić information content (AvgIpc) is 3.23. The van der Waals surface area contributed by atoms with Crippen LogP contribution in [0.4, 0.5) is 36.7 Å². The van der Waals surface area contributed by atoms with Gasteiger partial charge < -0.3 is 9.80 Å². The van der Waals surface area contributed by atoms with Crippen LogP contribution in [0, 0.1) is 0 Å². The molecule has 0 bridgehead atoms. The quantitative estimate of drug-likeness (QED) is 0.601. The number of aromatic nitrogens is 4. The van der Waals surface area contributed by atoms with Gasteiger partial charge in [0.05, 0.1) is 17.3 Å². The van der Waals surface area contributed by atoms with E-state index in [0.29, 0.717) is 12.4 Å². The molecule has 2 aromatic heterocycles. The number of nitrogens with zero attached hydrogens (tertiary/aromatic N) is 6. The number of halogens is 7. The summed E-state index contributed by atoms with van der Waals surface area (Å²) in [4.78, 5) is 36.4. The van der Waals surface area contributed by atoms with E-state index in [1.54, 1.807) is 4.90 Å². The molecule has 0 aromatic carbocycles. The van der Waals surface area contributed by atoms with Crippen molar-refractivity contribution in [1.82, 2.24) is 30.0 Å². The van der Waals surface area contributed by atoms with Gasteiger partial charge in [0.2, 0.25) is 11.6 Å². The van der Waals surface area contributed by atoms with Crippen LogP contribution >= 0.6 is 0 Å². The molecule has 16 heteroatoms. The van der Waals surface area contributed by atoms with E-state index in [1.807, 2.05) is 5.10 Å². The molecule has 3 aliphatic rings. The fourth-order valence-electron chi connectivity index (χ4n) is 5.08. The first-order chi connectivity index (χ1) is 17.3. The topological polar surface area (TPSA) is 98.3 Å².